The van der Waals surface area contributed by atoms with Gasteiger partial charge in [-0.1, -0.05) is 35.5 Å². The molecule has 2 aromatic heterocycles. The molecule has 2 heterocycles. The van der Waals surface area contributed by atoms with E-state index in [0.717, 1.165) is 0 Å². The fraction of sp³-hybridized carbons (Fsp3) is 0.143. The summed E-state index contributed by atoms with van der Waals surface area (Å²) in [7, 11) is 1.61. The molecule has 22 heavy (non-hydrogen) atoms. The zero-order valence-corrected chi connectivity index (χ0v) is 12.5. The maximum absolute atomic E-state index is 12.3. The number of aromatic nitrogens is 3. The summed E-state index contributed by atoms with van der Waals surface area (Å²) in [4.78, 5) is 29.6. The lowest BCUT2D eigenvalue weighted by Crippen LogP contribution is -2.33. The molecule has 0 radical (unpaired) electrons. The highest BCUT2D eigenvalue weighted by molar-refractivity contribution is 7.13. The van der Waals surface area contributed by atoms with Crippen LogP contribution in [0.25, 0.3) is 11.4 Å². The van der Waals surface area contributed by atoms with E-state index in [0.29, 0.717) is 16.5 Å². The van der Waals surface area contributed by atoms with Gasteiger partial charge in [-0.15, -0.1) is 11.3 Å². The smallest absolute Gasteiger partial charge is 0.295 e. The van der Waals surface area contributed by atoms with Gasteiger partial charge in [0.2, 0.25) is 5.91 Å². The summed E-state index contributed by atoms with van der Waals surface area (Å²) < 4.78 is 5.91. The second-order valence-corrected chi connectivity index (χ2v) is 5.36. The van der Waals surface area contributed by atoms with Crippen LogP contribution in [0.3, 0.4) is 0 Å². The molecule has 7 nitrogen and oxygen atoms in total. The first-order valence-corrected chi connectivity index (χ1v) is 7.33. The van der Waals surface area contributed by atoms with Crippen molar-refractivity contribution in [1.29, 1.82) is 0 Å². The molecule has 1 aromatic carbocycles. The van der Waals surface area contributed by atoms with Gasteiger partial charge in [0.25, 0.3) is 0 Å². The third-order valence-electron chi connectivity index (χ3n) is 3.09. The number of amides is 1. The summed E-state index contributed by atoms with van der Waals surface area (Å²) in [6.07, 6.45) is 1.62. The van der Waals surface area contributed by atoms with E-state index in [1.54, 1.807) is 30.8 Å². The lowest BCUT2D eigenvalue weighted by atomic mass is 10.2. The number of carbonyl (C=O) groups is 1. The minimum Gasteiger partial charge on any atom is -0.295 e. The quantitative estimate of drug-likeness (QED) is 0.730. The summed E-state index contributed by atoms with van der Waals surface area (Å²) in [5.41, 5.74) is 0.707. The SMILES string of the molecule is CN(C(=O)Cn1c(-c2ccccc2)noc1=O)c1nccs1. The highest BCUT2D eigenvalue weighted by Crippen LogP contribution is 2.18. The molecule has 0 aliphatic carbocycles. The first-order chi connectivity index (χ1) is 10.7. The lowest BCUT2D eigenvalue weighted by Gasteiger charge is -2.13. The number of nitrogens with zero attached hydrogens (tertiary/aromatic N) is 4. The summed E-state index contributed by atoms with van der Waals surface area (Å²) in [6, 6.07) is 9.09. The second kappa shape index (κ2) is 5.94. The standard InChI is InChI=1S/C14H12N4O3S/c1-17(13-15-7-8-22-13)11(19)9-18-12(16-21-14(18)20)10-5-3-2-4-6-10/h2-8H,9H2,1H3. The van der Waals surface area contributed by atoms with Gasteiger partial charge in [0.1, 0.15) is 6.54 Å². The van der Waals surface area contributed by atoms with Gasteiger partial charge in [0.05, 0.1) is 0 Å². The average molecular weight is 316 g/mol. The van der Waals surface area contributed by atoms with Crippen molar-refractivity contribution >= 4 is 22.4 Å². The van der Waals surface area contributed by atoms with Gasteiger partial charge in [-0.3, -0.25) is 14.2 Å². The van der Waals surface area contributed by atoms with E-state index in [1.165, 1.54) is 20.8 Å². The normalized spacial score (nSPS) is 10.6. The van der Waals surface area contributed by atoms with Crippen molar-refractivity contribution in [3.8, 4) is 11.4 Å². The Balaban J connectivity index is 1.88. The Bertz CT molecular complexity index is 823. The largest absolute Gasteiger partial charge is 0.442 e. The number of carbonyl (C=O) groups excluding carboxylic acids is 1. The third kappa shape index (κ3) is 2.68. The zero-order valence-electron chi connectivity index (χ0n) is 11.7. The molecule has 0 aliphatic rings. The van der Waals surface area contributed by atoms with Gasteiger partial charge in [-0.2, -0.15) is 0 Å². The van der Waals surface area contributed by atoms with Crippen molar-refractivity contribution in [2.24, 2.45) is 0 Å². The summed E-state index contributed by atoms with van der Waals surface area (Å²) in [6.45, 7) is -0.164. The van der Waals surface area contributed by atoms with Gasteiger partial charge in [0.15, 0.2) is 11.0 Å². The summed E-state index contributed by atoms with van der Waals surface area (Å²) in [5, 5.41) is 6.10. The van der Waals surface area contributed by atoms with Crippen molar-refractivity contribution < 1.29 is 9.32 Å². The molecule has 3 aromatic rings. The van der Waals surface area contributed by atoms with Gasteiger partial charge in [0, 0.05) is 24.2 Å². The fourth-order valence-corrected chi connectivity index (χ4v) is 2.56. The van der Waals surface area contributed by atoms with Crippen LogP contribution in [0.15, 0.2) is 51.2 Å². The molecule has 8 heteroatoms. The summed E-state index contributed by atoms with van der Waals surface area (Å²) >= 11 is 1.34. The van der Waals surface area contributed by atoms with Crippen LogP contribution in [0.5, 0.6) is 0 Å². The maximum Gasteiger partial charge on any atom is 0.442 e. The van der Waals surface area contributed by atoms with E-state index in [9.17, 15) is 9.59 Å². The number of hydrogen-bond acceptors (Lipinski definition) is 6. The minimum absolute atomic E-state index is 0.164. The zero-order chi connectivity index (χ0) is 15.5. The van der Waals surface area contributed by atoms with E-state index in [2.05, 4.69) is 10.1 Å². The highest BCUT2D eigenvalue weighted by Gasteiger charge is 2.19. The van der Waals surface area contributed by atoms with Crippen molar-refractivity contribution in [2.75, 3.05) is 11.9 Å². The molecule has 0 spiro atoms. The lowest BCUT2D eigenvalue weighted by molar-refractivity contribution is -0.118. The monoisotopic (exact) mass is 316 g/mol. The van der Waals surface area contributed by atoms with E-state index in [1.807, 2.05) is 18.2 Å². The van der Waals surface area contributed by atoms with Crippen LogP contribution in [0.1, 0.15) is 0 Å². The van der Waals surface area contributed by atoms with Crippen LogP contribution in [0.4, 0.5) is 5.13 Å². The number of hydrogen-bond donors (Lipinski definition) is 0. The first kappa shape index (κ1) is 14.2. The Morgan fingerprint density at radius 3 is 2.82 bits per heavy atom. The van der Waals surface area contributed by atoms with Crippen LogP contribution < -0.4 is 10.7 Å². The van der Waals surface area contributed by atoms with Crippen LogP contribution in [0, 0.1) is 0 Å². The second-order valence-electron chi connectivity index (χ2n) is 4.49. The Kier molecular flexibility index (Phi) is 3.84. The first-order valence-electron chi connectivity index (χ1n) is 6.45. The maximum atomic E-state index is 12.3. The van der Waals surface area contributed by atoms with Crippen molar-refractivity contribution in [3.63, 3.8) is 0 Å². The molecule has 3 rings (SSSR count). The highest BCUT2D eigenvalue weighted by atomic mass is 32.1. The molecule has 0 saturated heterocycles. The fourth-order valence-electron chi connectivity index (χ4n) is 1.93. The third-order valence-corrected chi connectivity index (χ3v) is 3.94. The molecule has 0 bridgehead atoms. The van der Waals surface area contributed by atoms with Crippen LogP contribution in [0.2, 0.25) is 0 Å². The van der Waals surface area contributed by atoms with Gasteiger partial charge in [-0.25, -0.2) is 14.3 Å². The van der Waals surface area contributed by atoms with Crippen LogP contribution >= 0.6 is 11.3 Å². The number of anilines is 1. The molecular formula is C14H12N4O3S. The molecule has 112 valence electrons. The van der Waals surface area contributed by atoms with E-state index in [-0.39, 0.29) is 12.5 Å². The van der Waals surface area contributed by atoms with Crippen molar-refractivity contribution in [2.45, 2.75) is 6.54 Å². The Hall–Kier alpha value is -2.74. The van der Waals surface area contributed by atoms with E-state index >= 15 is 0 Å². The molecular weight excluding hydrogens is 304 g/mol. The number of benzene rings is 1. The van der Waals surface area contributed by atoms with Crippen LogP contribution in [-0.2, 0) is 11.3 Å². The van der Waals surface area contributed by atoms with Crippen LogP contribution in [-0.4, -0.2) is 27.7 Å². The van der Waals surface area contributed by atoms with E-state index < -0.39 is 5.76 Å². The number of thiazole rings is 1. The molecule has 0 saturated carbocycles. The predicted octanol–water partition coefficient (Wildman–Crippen LogP) is 1.62. The molecule has 0 fully saturated rings. The number of likely N-dealkylation sites (N-methyl/N-ethyl adjacent to an activating group) is 1. The van der Waals surface area contributed by atoms with E-state index in [4.69, 9.17) is 4.52 Å². The topological polar surface area (TPSA) is 81.2 Å². The Morgan fingerprint density at radius 1 is 1.36 bits per heavy atom. The van der Waals surface area contributed by atoms with Gasteiger partial charge in [-0.05, 0) is 0 Å². The Labute approximate surface area is 129 Å². The molecule has 0 N–H and O–H groups in total. The van der Waals surface area contributed by atoms with Crippen molar-refractivity contribution in [3.05, 3.63) is 52.5 Å². The minimum atomic E-state index is -0.667. The Morgan fingerprint density at radius 2 is 2.14 bits per heavy atom. The average Bonchev–Trinajstić information content (AvgIpc) is 3.18. The van der Waals surface area contributed by atoms with Gasteiger partial charge < -0.3 is 0 Å². The molecule has 0 aliphatic heterocycles. The number of rotatable bonds is 4. The van der Waals surface area contributed by atoms with Gasteiger partial charge >= 0.3 is 5.76 Å². The molecule has 0 unspecified atom stereocenters. The predicted molar refractivity (Wildman–Crippen MR) is 81.7 cm³/mol. The molecule has 1 amide bonds. The summed E-state index contributed by atoms with van der Waals surface area (Å²) in [5.74, 6) is -0.622. The van der Waals surface area contributed by atoms with Crippen molar-refractivity contribution in [1.82, 2.24) is 14.7 Å². The molecule has 0 atom stereocenters.